The maximum Gasteiger partial charge on any atom is 0.258 e. The number of nitrogens with zero attached hydrogens (tertiary/aromatic N) is 1. The van der Waals surface area contributed by atoms with Crippen molar-refractivity contribution >= 4 is 5.91 Å². The fraction of sp³-hybridized carbons (Fsp3) is 0.500. The van der Waals surface area contributed by atoms with E-state index < -0.39 is 0 Å². The van der Waals surface area contributed by atoms with E-state index in [0.29, 0.717) is 23.6 Å². The van der Waals surface area contributed by atoms with E-state index in [-0.39, 0.29) is 11.9 Å². The zero-order chi connectivity index (χ0) is 13.8. The fourth-order valence-electron chi connectivity index (χ4n) is 2.27. The van der Waals surface area contributed by atoms with E-state index in [9.17, 15) is 4.79 Å². The van der Waals surface area contributed by atoms with Crippen molar-refractivity contribution in [2.24, 2.45) is 0 Å². The highest BCUT2D eigenvalue weighted by Crippen LogP contribution is 2.31. The number of hydrogen-bond donors (Lipinski definition) is 1. The quantitative estimate of drug-likeness (QED) is 0.866. The summed E-state index contributed by atoms with van der Waals surface area (Å²) in [6, 6.07) is 5.64. The molecular weight excluding hydrogens is 244 g/mol. The predicted octanol–water partition coefficient (Wildman–Crippen LogP) is 1.14. The number of hydrogen-bond acceptors (Lipinski definition) is 4. The first-order valence-electron chi connectivity index (χ1n) is 6.45. The van der Waals surface area contributed by atoms with Crippen LogP contribution in [-0.4, -0.2) is 50.7 Å². The van der Waals surface area contributed by atoms with Crippen LogP contribution in [0, 0.1) is 0 Å². The minimum Gasteiger partial charge on any atom is -0.493 e. The first-order valence-corrected chi connectivity index (χ1v) is 6.45. The van der Waals surface area contributed by atoms with Crippen molar-refractivity contribution in [3.8, 4) is 11.5 Å². The second kappa shape index (κ2) is 5.93. The molecule has 104 valence electrons. The molecule has 1 saturated heterocycles. The summed E-state index contributed by atoms with van der Waals surface area (Å²) in [7, 11) is 3.12. The van der Waals surface area contributed by atoms with Gasteiger partial charge in [-0.3, -0.25) is 4.79 Å². The largest absolute Gasteiger partial charge is 0.493 e. The molecule has 0 spiro atoms. The van der Waals surface area contributed by atoms with Crippen molar-refractivity contribution in [1.29, 1.82) is 0 Å². The Bertz CT molecular complexity index is 458. The molecule has 1 amide bonds. The van der Waals surface area contributed by atoms with Gasteiger partial charge in [-0.1, -0.05) is 6.07 Å². The topological polar surface area (TPSA) is 50.8 Å². The van der Waals surface area contributed by atoms with Crippen molar-refractivity contribution in [2.45, 2.75) is 13.0 Å². The minimum atomic E-state index is -0.00949. The highest BCUT2D eigenvalue weighted by atomic mass is 16.5. The number of nitrogens with one attached hydrogen (secondary N) is 1. The Hall–Kier alpha value is -1.75. The number of para-hydroxylation sites is 1. The third kappa shape index (κ3) is 2.51. The van der Waals surface area contributed by atoms with Crippen molar-refractivity contribution in [3.05, 3.63) is 23.8 Å². The second-order valence-corrected chi connectivity index (χ2v) is 4.44. The number of carbonyl (C=O) groups is 1. The molecule has 1 heterocycles. The van der Waals surface area contributed by atoms with Gasteiger partial charge in [-0.05, 0) is 19.1 Å². The standard InChI is InChI=1S/C14H20N2O3/c1-4-16(10-8-15-9-10)14(17)11-6-5-7-12(18-2)13(11)19-3/h5-7,10,15H,4,8-9H2,1-3H3. The average molecular weight is 264 g/mol. The monoisotopic (exact) mass is 264 g/mol. The van der Waals surface area contributed by atoms with Gasteiger partial charge < -0.3 is 19.7 Å². The Morgan fingerprint density at radius 3 is 2.58 bits per heavy atom. The molecule has 1 fully saturated rings. The molecule has 0 atom stereocenters. The smallest absolute Gasteiger partial charge is 0.258 e. The highest BCUT2D eigenvalue weighted by Gasteiger charge is 2.30. The van der Waals surface area contributed by atoms with Gasteiger partial charge in [0.1, 0.15) is 0 Å². The number of benzene rings is 1. The van der Waals surface area contributed by atoms with E-state index in [4.69, 9.17) is 9.47 Å². The molecule has 0 aromatic heterocycles. The third-order valence-corrected chi connectivity index (χ3v) is 3.44. The molecule has 5 heteroatoms. The fourth-order valence-corrected chi connectivity index (χ4v) is 2.27. The van der Waals surface area contributed by atoms with Crippen molar-refractivity contribution < 1.29 is 14.3 Å². The van der Waals surface area contributed by atoms with Gasteiger partial charge in [0.05, 0.1) is 25.8 Å². The lowest BCUT2D eigenvalue weighted by Crippen LogP contribution is -2.58. The van der Waals surface area contributed by atoms with Crippen LogP contribution in [0.3, 0.4) is 0 Å². The van der Waals surface area contributed by atoms with Gasteiger partial charge in [0, 0.05) is 19.6 Å². The van der Waals surface area contributed by atoms with Gasteiger partial charge in [-0.15, -0.1) is 0 Å². The van der Waals surface area contributed by atoms with Gasteiger partial charge in [-0.2, -0.15) is 0 Å². The summed E-state index contributed by atoms with van der Waals surface area (Å²) in [5.41, 5.74) is 0.551. The molecular formula is C14H20N2O3. The van der Waals surface area contributed by atoms with Crippen molar-refractivity contribution in [1.82, 2.24) is 10.2 Å². The summed E-state index contributed by atoms with van der Waals surface area (Å²) in [6.45, 7) is 4.38. The Morgan fingerprint density at radius 1 is 1.37 bits per heavy atom. The van der Waals surface area contributed by atoms with Crippen molar-refractivity contribution in [3.63, 3.8) is 0 Å². The Morgan fingerprint density at radius 2 is 2.11 bits per heavy atom. The molecule has 1 aromatic carbocycles. The van der Waals surface area contributed by atoms with E-state index in [1.807, 2.05) is 11.8 Å². The first kappa shape index (κ1) is 13.7. The lowest BCUT2D eigenvalue weighted by molar-refractivity contribution is 0.0626. The summed E-state index contributed by atoms with van der Waals surface area (Å²) in [6.07, 6.45) is 0. The third-order valence-electron chi connectivity index (χ3n) is 3.44. The summed E-state index contributed by atoms with van der Waals surface area (Å²) in [5, 5.41) is 3.18. The van der Waals surface area contributed by atoms with E-state index in [1.165, 1.54) is 0 Å². The maximum absolute atomic E-state index is 12.6. The molecule has 0 unspecified atom stereocenters. The van der Waals surface area contributed by atoms with Crippen molar-refractivity contribution in [2.75, 3.05) is 33.9 Å². The summed E-state index contributed by atoms with van der Waals surface area (Å²) in [5.74, 6) is 1.07. The molecule has 0 bridgehead atoms. The van der Waals surface area contributed by atoms with Gasteiger partial charge >= 0.3 is 0 Å². The van der Waals surface area contributed by atoms with Gasteiger partial charge in [-0.25, -0.2) is 0 Å². The number of carbonyl (C=O) groups excluding carboxylic acids is 1. The van der Waals surface area contributed by atoms with E-state index >= 15 is 0 Å². The Labute approximate surface area is 113 Å². The molecule has 0 aliphatic carbocycles. The van der Waals surface area contributed by atoms with Crippen LogP contribution in [0.15, 0.2) is 18.2 Å². The Kier molecular flexibility index (Phi) is 4.27. The van der Waals surface area contributed by atoms with Crippen LogP contribution in [-0.2, 0) is 0 Å². The van der Waals surface area contributed by atoms with Crippen LogP contribution in [0.4, 0.5) is 0 Å². The zero-order valence-corrected chi connectivity index (χ0v) is 11.6. The molecule has 1 aliphatic heterocycles. The van der Waals surface area contributed by atoms with Crippen LogP contribution in [0.1, 0.15) is 17.3 Å². The van der Waals surface area contributed by atoms with E-state index in [2.05, 4.69) is 5.32 Å². The first-order chi connectivity index (χ1) is 9.22. The average Bonchev–Trinajstić information content (AvgIpc) is 2.40. The number of ether oxygens (including phenoxy) is 2. The number of likely N-dealkylation sites (N-methyl/N-ethyl adjacent to an activating group) is 1. The molecule has 1 N–H and O–H groups in total. The Balaban J connectivity index is 2.31. The molecule has 5 nitrogen and oxygen atoms in total. The summed E-state index contributed by atoms with van der Waals surface area (Å²) in [4.78, 5) is 14.5. The lowest BCUT2D eigenvalue weighted by atomic mass is 10.1. The highest BCUT2D eigenvalue weighted by molar-refractivity contribution is 5.98. The number of methoxy groups -OCH3 is 2. The van der Waals surface area contributed by atoms with Crippen LogP contribution in [0.25, 0.3) is 0 Å². The zero-order valence-electron chi connectivity index (χ0n) is 11.6. The van der Waals surface area contributed by atoms with Crippen LogP contribution < -0.4 is 14.8 Å². The normalized spacial score (nSPS) is 14.7. The molecule has 0 radical (unpaired) electrons. The molecule has 1 aliphatic rings. The molecule has 19 heavy (non-hydrogen) atoms. The summed E-state index contributed by atoms with van der Waals surface area (Å²) < 4.78 is 10.6. The van der Waals surface area contributed by atoms with Gasteiger partial charge in [0.2, 0.25) is 0 Å². The molecule has 2 rings (SSSR count). The SMILES string of the molecule is CCN(C(=O)c1cccc(OC)c1OC)C1CNC1. The number of amides is 1. The van der Waals surface area contributed by atoms with Crippen LogP contribution in [0.2, 0.25) is 0 Å². The second-order valence-electron chi connectivity index (χ2n) is 4.44. The van der Waals surface area contributed by atoms with Crippen LogP contribution in [0.5, 0.6) is 11.5 Å². The predicted molar refractivity (Wildman–Crippen MR) is 72.9 cm³/mol. The van der Waals surface area contributed by atoms with Gasteiger partial charge in [0.15, 0.2) is 11.5 Å². The van der Waals surface area contributed by atoms with E-state index in [1.54, 1.807) is 32.4 Å². The lowest BCUT2D eigenvalue weighted by Gasteiger charge is -2.37. The van der Waals surface area contributed by atoms with Crippen LogP contribution >= 0.6 is 0 Å². The maximum atomic E-state index is 12.6. The molecule has 1 aromatic rings. The molecule has 0 saturated carbocycles. The van der Waals surface area contributed by atoms with E-state index in [0.717, 1.165) is 13.1 Å². The summed E-state index contributed by atoms with van der Waals surface area (Å²) >= 11 is 0. The van der Waals surface area contributed by atoms with Gasteiger partial charge in [0.25, 0.3) is 5.91 Å². The number of rotatable bonds is 5. The minimum absolute atomic E-state index is 0.00949.